The van der Waals surface area contributed by atoms with Crippen molar-refractivity contribution in [3.8, 4) is 22.8 Å². The van der Waals surface area contributed by atoms with Gasteiger partial charge >= 0.3 is 0 Å². The first-order chi connectivity index (χ1) is 20.3. The fraction of sp³-hybridized carbons (Fsp3) is 0.300. The summed E-state index contributed by atoms with van der Waals surface area (Å²) in [5.74, 6) is 1.58. The molecule has 1 fully saturated rings. The molecule has 0 N–H and O–H groups in total. The fourth-order valence-electron chi connectivity index (χ4n) is 4.93. The van der Waals surface area contributed by atoms with Gasteiger partial charge in [0.15, 0.2) is 11.0 Å². The van der Waals surface area contributed by atoms with Crippen LogP contribution in [0.3, 0.4) is 0 Å². The third kappa shape index (κ3) is 6.50. The monoisotopic (exact) mass is 609 g/mol. The third-order valence-electron chi connectivity index (χ3n) is 7.08. The molecule has 1 aromatic heterocycles. The number of carbonyl (C=O) groups excluding carboxylic acids is 1. The molecule has 0 radical (unpaired) electrons. The van der Waals surface area contributed by atoms with Crippen molar-refractivity contribution in [1.29, 1.82) is 0 Å². The van der Waals surface area contributed by atoms with Gasteiger partial charge in [-0.05, 0) is 61.9 Å². The van der Waals surface area contributed by atoms with E-state index in [1.165, 1.54) is 28.2 Å². The van der Waals surface area contributed by atoms with Crippen molar-refractivity contribution in [2.24, 2.45) is 0 Å². The van der Waals surface area contributed by atoms with Crippen LogP contribution in [0.1, 0.15) is 19.8 Å². The minimum atomic E-state index is -3.77. The summed E-state index contributed by atoms with van der Waals surface area (Å²) < 4.78 is 48.2. The number of thioether (sulfide) groups is 1. The Kier molecular flexibility index (Phi) is 9.24. The number of piperazine rings is 1. The zero-order valence-electron chi connectivity index (χ0n) is 23.4. The Labute approximate surface area is 249 Å². The smallest absolute Gasteiger partial charge is 0.243 e. The molecule has 1 unspecified atom stereocenters. The second-order valence-electron chi connectivity index (χ2n) is 9.92. The molecule has 1 aliphatic rings. The number of nitrogens with zero attached hydrogens (tertiary/aromatic N) is 5. The first-order valence-electron chi connectivity index (χ1n) is 13.6. The van der Waals surface area contributed by atoms with Crippen LogP contribution in [0, 0.1) is 5.82 Å². The largest absolute Gasteiger partial charge is 0.497 e. The van der Waals surface area contributed by atoms with Crippen LogP contribution in [0.25, 0.3) is 17.1 Å². The van der Waals surface area contributed by atoms with Crippen molar-refractivity contribution in [2.75, 3.05) is 32.5 Å². The maximum atomic E-state index is 13.3. The summed E-state index contributed by atoms with van der Waals surface area (Å²) in [7, 11) is -2.15. The molecule has 2 heterocycles. The van der Waals surface area contributed by atoms with Gasteiger partial charge < -0.3 is 9.64 Å². The van der Waals surface area contributed by atoms with Crippen LogP contribution in [0.4, 0.5) is 4.39 Å². The first kappa shape index (κ1) is 29.7. The lowest BCUT2D eigenvalue weighted by Crippen LogP contribution is -2.55. The van der Waals surface area contributed by atoms with Crippen molar-refractivity contribution in [2.45, 2.75) is 35.9 Å². The highest BCUT2D eigenvalue weighted by Crippen LogP contribution is 2.30. The minimum absolute atomic E-state index is 0.0112. The first-order valence-corrected chi connectivity index (χ1v) is 16.0. The molecule has 1 aliphatic heterocycles. The van der Waals surface area contributed by atoms with E-state index in [0.717, 1.165) is 34.3 Å². The molecule has 1 atom stereocenters. The van der Waals surface area contributed by atoms with E-state index >= 15 is 0 Å². The minimum Gasteiger partial charge on any atom is -0.497 e. The summed E-state index contributed by atoms with van der Waals surface area (Å²) in [5.41, 5.74) is 1.81. The van der Waals surface area contributed by atoms with Crippen molar-refractivity contribution in [3.05, 3.63) is 84.7 Å². The lowest BCUT2D eigenvalue weighted by molar-refractivity contribution is -0.133. The van der Waals surface area contributed by atoms with Gasteiger partial charge in [0.05, 0.1) is 12.0 Å². The van der Waals surface area contributed by atoms with Crippen LogP contribution < -0.4 is 4.74 Å². The maximum absolute atomic E-state index is 13.3. The van der Waals surface area contributed by atoms with E-state index in [-0.39, 0.29) is 17.3 Å². The highest BCUT2D eigenvalue weighted by molar-refractivity contribution is 7.99. The number of para-hydroxylation sites is 1. The molecule has 9 nitrogen and oxygen atoms in total. The zero-order valence-corrected chi connectivity index (χ0v) is 25.0. The molecule has 0 saturated carbocycles. The number of hydrogen-bond acceptors (Lipinski definition) is 7. The number of sulfonamides is 1. The standard InChI is InChI=1S/C30H32FN5O4S2/c1-22-21-34(17-18-35(22)42(38,39)27-15-13-24(31)14-16-27)28(37)12-7-19-41-30-33-32-29(23-8-6-11-26(20-23)40-2)36(30)25-9-4-3-5-10-25/h3-6,8-11,13-16,20,22H,7,12,17-19,21H2,1-2H3. The number of carbonyl (C=O) groups is 1. The SMILES string of the molecule is COc1cccc(-c2nnc(SCCCC(=O)N3CCN(S(=O)(=O)c4ccc(F)cc4)C(C)C3)n2-c2ccccc2)c1. The second-order valence-corrected chi connectivity index (χ2v) is 12.9. The predicted octanol–water partition coefficient (Wildman–Crippen LogP) is 4.88. The van der Waals surface area contributed by atoms with Gasteiger partial charge in [-0.3, -0.25) is 9.36 Å². The van der Waals surface area contributed by atoms with Crippen LogP contribution in [0.5, 0.6) is 5.75 Å². The van der Waals surface area contributed by atoms with Gasteiger partial charge in [0, 0.05) is 49.1 Å². The number of ether oxygens (including phenoxy) is 1. The van der Waals surface area contributed by atoms with Crippen molar-refractivity contribution < 1.29 is 22.3 Å². The summed E-state index contributed by atoms with van der Waals surface area (Å²) >= 11 is 1.53. The van der Waals surface area contributed by atoms with Gasteiger partial charge in [-0.2, -0.15) is 4.31 Å². The van der Waals surface area contributed by atoms with Crippen molar-refractivity contribution >= 4 is 27.7 Å². The van der Waals surface area contributed by atoms with E-state index in [9.17, 15) is 17.6 Å². The summed E-state index contributed by atoms with van der Waals surface area (Å²) in [6.07, 6.45) is 0.967. The molecular weight excluding hydrogens is 577 g/mol. The Bertz CT molecular complexity index is 1630. The predicted molar refractivity (Wildman–Crippen MR) is 160 cm³/mol. The fourth-order valence-corrected chi connectivity index (χ4v) is 7.44. The maximum Gasteiger partial charge on any atom is 0.243 e. The van der Waals surface area contributed by atoms with E-state index in [4.69, 9.17) is 4.74 Å². The van der Waals surface area contributed by atoms with Crippen LogP contribution >= 0.6 is 11.8 Å². The summed E-state index contributed by atoms with van der Waals surface area (Å²) in [4.78, 5) is 14.8. The molecule has 1 saturated heterocycles. The second kappa shape index (κ2) is 13.1. The quantitative estimate of drug-likeness (QED) is 0.187. The van der Waals surface area contributed by atoms with E-state index in [1.54, 1.807) is 18.9 Å². The van der Waals surface area contributed by atoms with E-state index in [0.29, 0.717) is 37.5 Å². The van der Waals surface area contributed by atoms with Crippen molar-refractivity contribution in [3.63, 3.8) is 0 Å². The van der Waals surface area contributed by atoms with Gasteiger partial charge in [-0.1, -0.05) is 42.1 Å². The van der Waals surface area contributed by atoms with Crippen molar-refractivity contribution in [1.82, 2.24) is 24.0 Å². The normalized spacial score (nSPS) is 16.0. The number of methoxy groups -OCH3 is 1. The molecule has 12 heteroatoms. The Morgan fingerprint density at radius 2 is 1.79 bits per heavy atom. The number of benzene rings is 3. The average Bonchev–Trinajstić information content (AvgIpc) is 3.43. The molecule has 220 valence electrons. The number of hydrogen-bond donors (Lipinski definition) is 0. The summed E-state index contributed by atoms with van der Waals surface area (Å²) in [6, 6.07) is 22.0. The Morgan fingerprint density at radius 1 is 1.02 bits per heavy atom. The lowest BCUT2D eigenvalue weighted by Gasteiger charge is -2.39. The summed E-state index contributed by atoms with van der Waals surface area (Å²) in [5, 5.41) is 9.66. The Morgan fingerprint density at radius 3 is 2.50 bits per heavy atom. The van der Waals surface area contributed by atoms with E-state index in [2.05, 4.69) is 10.2 Å². The number of aromatic nitrogens is 3. The molecular formula is C30H32FN5O4S2. The highest BCUT2D eigenvalue weighted by atomic mass is 32.2. The molecule has 42 heavy (non-hydrogen) atoms. The van der Waals surface area contributed by atoms with Gasteiger partial charge in [-0.25, -0.2) is 12.8 Å². The average molecular weight is 610 g/mol. The lowest BCUT2D eigenvalue weighted by atomic mass is 10.2. The van der Waals surface area contributed by atoms with Crippen LogP contribution in [-0.4, -0.2) is 76.8 Å². The Balaban J connectivity index is 1.19. The topological polar surface area (TPSA) is 97.6 Å². The van der Waals surface area contributed by atoms with E-state index in [1.807, 2.05) is 59.2 Å². The third-order valence-corrected chi connectivity index (χ3v) is 10.1. The van der Waals surface area contributed by atoms with Crippen LogP contribution in [0.15, 0.2) is 88.9 Å². The van der Waals surface area contributed by atoms with Gasteiger partial charge in [0.25, 0.3) is 0 Å². The van der Waals surface area contributed by atoms with Gasteiger partial charge in [-0.15, -0.1) is 10.2 Å². The van der Waals surface area contributed by atoms with Crippen LogP contribution in [-0.2, 0) is 14.8 Å². The molecule has 3 aromatic carbocycles. The molecule has 4 aromatic rings. The van der Waals surface area contributed by atoms with Gasteiger partial charge in [0.1, 0.15) is 11.6 Å². The summed E-state index contributed by atoms with van der Waals surface area (Å²) in [6.45, 7) is 2.59. The number of rotatable bonds is 10. The van der Waals surface area contributed by atoms with E-state index < -0.39 is 21.9 Å². The molecule has 5 rings (SSSR count). The number of amides is 1. The Hall–Kier alpha value is -3.74. The molecule has 0 aliphatic carbocycles. The molecule has 0 bridgehead atoms. The zero-order chi connectivity index (χ0) is 29.7. The molecule has 0 spiro atoms. The van der Waals surface area contributed by atoms with Gasteiger partial charge in [0.2, 0.25) is 15.9 Å². The van der Waals surface area contributed by atoms with Crippen LogP contribution in [0.2, 0.25) is 0 Å². The molecule has 1 amide bonds. The number of halogens is 1. The highest BCUT2D eigenvalue weighted by Gasteiger charge is 2.35.